The number of aromatic nitrogens is 8. The fraction of sp³-hybridized carbons (Fsp3) is 0.176. The predicted molar refractivity (Wildman–Crippen MR) is 99.3 cm³/mol. The third-order valence-corrected chi connectivity index (χ3v) is 4.93. The molecule has 0 amide bonds. The maximum absolute atomic E-state index is 12.3. The van der Waals surface area contributed by atoms with Crippen molar-refractivity contribution in [3.05, 3.63) is 60.4 Å². The Hall–Kier alpha value is -3.48. The molecule has 0 radical (unpaired) electrons. The van der Waals surface area contributed by atoms with Crippen LogP contribution in [-0.4, -0.2) is 46.8 Å². The second-order valence-electron chi connectivity index (χ2n) is 5.96. The number of alkyl halides is 3. The molecule has 0 aliphatic carbocycles. The van der Waals surface area contributed by atoms with Crippen LogP contribution in [0, 0.1) is 0 Å². The molecule has 2 aromatic heterocycles. The highest BCUT2D eigenvalue weighted by molar-refractivity contribution is 7.99. The van der Waals surface area contributed by atoms with Gasteiger partial charge in [0, 0.05) is 0 Å². The predicted octanol–water partition coefficient (Wildman–Crippen LogP) is 3.39. The summed E-state index contributed by atoms with van der Waals surface area (Å²) in [6.45, 7) is 1.90. The lowest BCUT2D eigenvalue weighted by Gasteiger charge is -2.12. The summed E-state index contributed by atoms with van der Waals surface area (Å²) in [6.07, 6.45) is -4.75. The molecule has 4 rings (SSSR count). The van der Waals surface area contributed by atoms with Gasteiger partial charge in [0.1, 0.15) is 5.75 Å². The van der Waals surface area contributed by atoms with Gasteiger partial charge >= 0.3 is 6.36 Å². The number of thioether (sulfide) groups is 1. The summed E-state index contributed by atoms with van der Waals surface area (Å²) in [6, 6.07) is 14.7. The average molecular weight is 434 g/mol. The lowest BCUT2D eigenvalue weighted by atomic mass is 10.3. The largest absolute Gasteiger partial charge is 0.573 e. The van der Waals surface area contributed by atoms with E-state index in [2.05, 4.69) is 35.8 Å². The molecule has 1 atom stereocenters. The third kappa shape index (κ3) is 4.40. The molecule has 4 aromatic rings. The molecule has 0 N–H and O–H groups in total. The maximum Gasteiger partial charge on any atom is 0.573 e. The van der Waals surface area contributed by atoms with E-state index in [9.17, 15) is 13.2 Å². The van der Waals surface area contributed by atoms with Gasteiger partial charge in [0.25, 0.3) is 0 Å². The van der Waals surface area contributed by atoms with Crippen molar-refractivity contribution in [3.63, 3.8) is 0 Å². The lowest BCUT2D eigenvalue weighted by molar-refractivity contribution is -0.274. The van der Waals surface area contributed by atoms with E-state index in [1.807, 2.05) is 37.3 Å². The Morgan fingerprint density at radius 1 is 0.867 bits per heavy atom. The molecule has 9 nitrogen and oxygen atoms in total. The molecule has 2 heterocycles. The van der Waals surface area contributed by atoms with Crippen LogP contribution in [-0.2, 0) is 0 Å². The highest BCUT2D eigenvalue weighted by atomic mass is 32.2. The minimum atomic E-state index is -4.75. The Balaban J connectivity index is 1.54. The van der Waals surface area contributed by atoms with Crippen molar-refractivity contribution in [1.82, 2.24) is 40.4 Å². The molecule has 13 heteroatoms. The molecule has 1 unspecified atom stereocenters. The van der Waals surface area contributed by atoms with Crippen LogP contribution in [0.25, 0.3) is 11.4 Å². The van der Waals surface area contributed by atoms with Crippen molar-refractivity contribution in [1.29, 1.82) is 0 Å². The van der Waals surface area contributed by atoms with Gasteiger partial charge in [0.15, 0.2) is 5.82 Å². The van der Waals surface area contributed by atoms with Gasteiger partial charge < -0.3 is 4.74 Å². The van der Waals surface area contributed by atoms with Crippen LogP contribution in [0.5, 0.6) is 5.75 Å². The number of rotatable bonds is 6. The van der Waals surface area contributed by atoms with E-state index < -0.39 is 6.36 Å². The summed E-state index contributed by atoms with van der Waals surface area (Å²) in [7, 11) is 0. The average Bonchev–Trinajstić information content (AvgIpc) is 3.38. The number of hydrogen-bond acceptors (Lipinski definition) is 8. The van der Waals surface area contributed by atoms with Crippen LogP contribution in [0.15, 0.2) is 59.8 Å². The van der Waals surface area contributed by atoms with Gasteiger partial charge in [-0.05, 0) is 64.2 Å². The van der Waals surface area contributed by atoms with E-state index in [-0.39, 0.29) is 11.0 Å². The fourth-order valence-corrected chi connectivity index (χ4v) is 3.51. The number of hydrogen-bond donors (Lipinski definition) is 0. The van der Waals surface area contributed by atoms with Crippen molar-refractivity contribution < 1.29 is 17.9 Å². The van der Waals surface area contributed by atoms with Gasteiger partial charge in [-0.1, -0.05) is 30.0 Å². The van der Waals surface area contributed by atoms with E-state index >= 15 is 0 Å². The van der Waals surface area contributed by atoms with Gasteiger partial charge in [0.2, 0.25) is 5.16 Å². The van der Waals surface area contributed by atoms with Crippen LogP contribution in [0.1, 0.15) is 18.0 Å². The Morgan fingerprint density at radius 3 is 2.20 bits per heavy atom. The summed E-state index contributed by atoms with van der Waals surface area (Å²) in [4.78, 5) is 0. The fourth-order valence-electron chi connectivity index (χ4n) is 2.61. The van der Waals surface area contributed by atoms with E-state index in [1.54, 1.807) is 4.68 Å². The topological polar surface area (TPSA) is 96.4 Å². The lowest BCUT2D eigenvalue weighted by Crippen LogP contribution is -2.17. The SMILES string of the molecule is CC(Sc1nnnn1-c1ccc(OC(F)(F)F)cc1)c1nnnn1-c1ccccc1. The number of benzene rings is 2. The van der Waals surface area contributed by atoms with Crippen molar-refractivity contribution >= 4 is 11.8 Å². The normalized spacial score (nSPS) is 12.7. The van der Waals surface area contributed by atoms with E-state index in [4.69, 9.17) is 0 Å². The first kappa shape index (κ1) is 19.8. The van der Waals surface area contributed by atoms with Crippen LogP contribution < -0.4 is 4.74 Å². The molecule has 30 heavy (non-hydrogen) atoms. The molecule has 154 valence electrons. The van der Waals surface area contributed by atoms with Crippen LogP contribution in [0.3, 0.4) is 0 Å². The molecule has 0 aliphatic rings. The maximum atomic E-state index is 12.3. The zero-order chi connectivity index (χ0) is 21.1. The molecule has 0 spiro atoms. The summed E-state index contributed by atoms with van der Waals surface area (Å²) in [5, 5.41) is 23.7. The van der Waals surface area contributed by atoms with Crippen molar-refractivity contribution in [2.45, 2.75) is 23.7 Å². The highest BCUT2D eigenvalue weighted by Crippen LogP contribution is 2.34. The Bertz CT molecular complexity index is 1110. The van der Waals surface area contributed by atoms with E-state index in [0.29, 0.717) is 16.7 Å². The highest BCUT2D eigenvalue weighted by Gasteiger charge is 2.31. The molecular weight excluding hydrogens is 421 g/mol. The first-order chi connectivity index (χ1) is 14.4. The molecule has 0 bridgehead atoms. The monoisotopic (exact) mass is 434 g/mol. The molecule has 2 aromatic carbocycles. The summed E-state index contributed by atoms with van der Waals surface area (Å²) >= 11 is 1.30. The number of tetrazole rings is 2. The number of ether oxygens (including phenoxy) is 1. The van der Waals surface area contributed by atoms with Gasteiger partial charge in [-0.3, -0.25) is 0 Å². The first-order valence-electron chi connectivity index (χ1n) is 8.55. The molecule has 0 saturated heterocycles. The Labute approximate surface area is 171 Å². The van der Waals surface area contributed by atoms with Gasteiger partial charge in [0.05, 0.1) is 16.6 Å². The van der Waals surface area contributed by atoms with Crippen molar-refractivity contribution in [3.8, 4) is 17.1 Å². The van der Waals surface area contributed by atoms with Crippen molar-refractivity contribution in [2.75, 3.05) is 0 Å². The number of nitrogens with zero attached hydrogens (tertiary/aromatic N) is 8. The van der Waals surface area contributed by atoms with Gasteiger partial charge in [-0.15, -0.1) is 23.4 Å². The minimum absolute atomic E-state index is 0.224. The van der Waals surface area contributed by atoms with E-state index in [0.717, 1.165) is 5.69 Å². The summed E-state index contributed by atoms with van der Waals surface area (Å²) in [5.41, 5.74) is 1.29. The van der Waals surface area contributed by atoms with Crippen LogP contribution in [0.4, 0.5) is 13.2 Å². The summed E-state index contributed by atoms with van der Waals surface area (Å²) in [5.74, 6) is 0.263. The van der Waals surface area contributed by atoms with E-state index in [1.165, 1.54) is 40.7 Å². The Kier molecular flexibility index (Phi) is 5.35. The summed E-state index contributed by atoms with van der Waals surface area (Å²) < 4.78 is 43.9. The third-order valence-electron chi connectivity index (χ3n) is 3.90. The zero-order valence-corrected chi connectivity index (χ0v) is 16.1. The molecular formula is C17H13F3N8OS. The zero-order valence-electron chi connectivity index (χ0n) is 15.3. The standard InChI is InChI=1S/C17H13F3N8OS/c1-11(15-21-23-25-27(15)12-5-3-2-4-6-12)30-16-22-24-26-28(16)13-7-9-14(10-8-13)29-17(18,19)20/h2-11H,1H3. The van der Waals surface area contributed by atoms with Crippen molar-refractivity contribution in [2.24, 2.45) is 0 Å². The first-order valence-corrected chi connectivity index (χ1v) is 9.43. The number of halogens is 3. The van der Waals surface area contributed by atoms with Gasteiger partial charge in [-0.25, -0.2) is 0 Å². The van der Waals surface area contributed by atoms with Crippen LogP contribution in [0.2, 0.25) is 0 Å². The van der Waals surface area contributed by atoms with Crippen LogP contribution >= 0.6 is 11.8 Å². The molecule has 0 saturated carbocycles. The molecule has 0 fully saturated rings. The smallest absolute Gasteiger partial charge is 0.406 e. The molecule has 0 aliphatic heterocycles. The number of para-hydroxylation sites is 1. The quantitative estimate of drug-likeness (QED) is 0.426. The second kappa shape index (κ2) is 8.10. The minimum Gasteiger partial charge on any atom is -0.406 e. The second-order valence-corrected chi connectivity index (χ2v) is 7.27. The Morgan fingerprint density at radius 2 is 1.50 bits per heavy atom. The van der Waals surface area contributed by atoms with Gasteiger partial charge in [-0.2, -0.15) is 9.36 Å².